The van der Waals surface area contributed by atoms with Crippen LogP contribution in [0.1, 0.15) is 24.4 Å². The van der Waals surface area contributed by atoms with Crippen LogP contribution in [-0.4, -0.2) is 23.4 Å². The van der Waals surface area contributed by atoms with E-state index in [1.807, 2.05) is 13.0 Å². The van der Waals surface area contributed by atoms with Crippen molar-refractivity contribution in [3.8, 4) is 17.5 Å². The second-order valence-corrected chi connectivity index (χ2v) is 3.91. The van der Waals surface area contributed by atoms with E-state index in [9.17, 15) is 0 Å². The van der Waals surface area contributed by atoms with Gasteiger partial charge in [-0.2, -0.15) is 10.2 Å². The maximum absolute atomic E-state index is 8.73. The minimum atomic E-state index is -0.407. The van der Waals surface area contributed by atoms with E-state index >= 15 is 0 Å². The molecule has 6 nitrogen and oxygen atoms in total. The van der Waals surface area contributed by atoms with Crippen LogP contribution >= 0.6 is 0 Å². The molecule has 0 bridgehead atoms. The van der Waals surface area contributed by atoms with Crippen LogP contribution in [0.5, 0.6) is 0 Å². The summed E-state index contributed by atoms with van der Waals surface area (Å²) in [5.41, 5.74) is 7.20. The molecular weight excluding hydrogens is 244 g/mol. The zero-order chi connectivity index (χ0) is 13.7. The Balaban J connectivity index is 2.13. The van der Waals surface area contributed by atoms with Gasteiger partial charge >= 0.3 is 0 Å². The van der Waals surface area contributed by atoms with Gasteiger partial charge in [0.2, 0.25) is 0 Å². The highest BCUT2D eigenvalue weighted by molar-refractivity contribution is 5.54. The normalized spacial score (nSPS) is 12.1. The fourth-order valence-electron chi connectivity index (χ4n) is 1.51. The van der Waals surface area contributed by atoms with Crippen molar-refractivity contribution in [2.45, 2.75) is 13.0 Å². The van der Waals surface area contributed by atoms with Crippen molar-refractivity contribution in [3.63, 3.8) is 0 Å². The van der Waals surface area contributed by atoms with Gasteiger partial charge in [-0.05, 0) is 31.2 Å². The minimum absolute atomic E-state index is 0.350. The predicted molar refractivity (Wildman–Crippen MR) is 67.9 cm³/mol. The van der Waals surface area contributed by atoms with Gasteiger partial charge in [-0.15, -0.1) is 0 Å². The molecule has 2 N–H and O–H groups in total. The molecule has 1 unspecified atom stereocenters. The zero-order valence-corrected chi connectivity index (χ0v) is 10.5. The molecule has 1 heterocycles. The largest absolute Gasteiger partial charge is 0.380 e. The first-order valence-electron chi connectivity index (χ1n) is 5.92. The van der Waals surface area contributed by atoms with Crippen LogP contribution in [0.2, 0.25) is 0 Å². The molecule has 0 amide bonds. The third kappa shape index (κ3) is 3.16. The van der Waals surface area contributed by atoms with Crippen molar-refractivity contribution in [2.24, 2.45) is 5.73 Å². The Morgan fingerprint density at radius 2 is 2.16 bits per heavy atom. The molecular formula is C13H14N4O2. The number of benzene rings is 1. The van der Waals surface area contributed by atoms with Crippen molar-refractivity contribution in [2.75, 3.05) is 13.2 Å². The molecule has 2 rings (SSSR count). The summed E-state index contributed by atoms with van der Waals surface area (Å²) >= 11 is 0. The van der Waals surface area contributed by atoms with Crippen LogP contribution in [0.15, 0.2) is 28.8 Å². The van der Waals surface area contributed by atoms with Crippen LogP contribution in [0.25, 0.3) is 11.5 Å². The van der Waals surface area contributed by atoms with Crippen LogP contribution < -0.4 is 5.73 Å². The quantitative estimate of drug-likeness (QED) is 0.875. The van der Waals surface area contributed by atoms with Crippen molar-refractivity contribution < 1.29 is 9.26 Å². The fourth-order valence-corrected chi connectivity index (χ4v) is 1.51. The maximum atomic E-state index is 8.73. The van der Waals surface area contributed by atoms with Crippen molar-refractivity contribution in [1.82, 2.24) is 10.1 Å². The number of nitriles is 1. The van der Waals surface area contributed by atoms with E-state index in [1.165, 1.54) is 0 Å². The SMILES string of the molecule is CCOCC(N)c1noc(-c2ccc(C#N)cc2)n1. The van der Waals surface area contributed by atoms with Gasteiger partial charge in [0, 0.05) is 12.2 Å². The van der Waals surface area contributed by atoms with Gasteiger partial charge in [-0.1, -0.05) is 5.16 Å². The number of ether oxygens (including phenoxy) is 1. The molecule has 1 aromatic carbocycles. The highest BCUT2D eigenvalue weighted by Crippen LogP contribution is 2.19. The fraction of sp³-hybridized carbons (Fsp3) is 0.308. The summed E-state index contributed by atoms with van der Waals surface area (Å²) < 4.78 is 10.4. The number of rotatable bonds is 5. The summed E-state index contributed by atoms with van der Waals surface area (Å²) in [5.74, 6) is 0.791. The van der Waals surface area contributed by atoms with Gasteiger partial charge in [0.05, 0.1) is 24.3 Å². The first-order valence-corrected chi connectivity index (χ1v) is 5.92. The average Bonchev–Trinajstić information content (AvgIpc) is 2.94. The summed E-state index contributed by atoms with van der Waals surface area (Å²) in [4.78, 5) is 4.22. The summed E-state index contributed by atoms with van der Waals surface area (Å²) in [6, 6.07) is 8.54. The molecule has 0 spiro atoms. The summed E-state index contributed by atoms with van der Waals surface area (Å²) in [7, 11) is 0. The van der Waals surface area contributed by atoms with Crippen molar-refractivity contribution in [3.05, 3.63) is 35.7 Å². The Bertz CT molecular complexity index is 571. The average molecular weight is 258 g/mol. The molecule has 1 aromatic heterocycles. The van der Waals surface area contributed by atoms with Crippen LogP contribution in [0, 0.1) is 11.3 Å². The Hall–Kier alpha value is -2.23. The van der Waals surface area contributed by atoms with Gasteiger partial charge in [0.1, 0.15) is 0 Å². The molecule has 6 heteroatoms. The van der Waals surface area contributed by atoms with E-state index in [-0.39, 0.29) is 0 Å². The maximum Gasteiger partial charge on any atom is 0.257 e. The lowest BCUT2D eigenvalue weighted by Crippen LogP contribution is -2.18. The topological polar surface area (TPSA) is 98.0 Å². The molecule has 0 aliphatic rings. The van der Waals surface area contributed by atoms with E-state index in [0.717, 1.165) is 5.56 Å². The van der Waals surface area contributed by atoms with E-state index in [2.05, 4.69) is 10.1 Å². The zero-order valence-electron chi connectivity index (χ0n) is 10.5. The molecule has 0 radical (unpaired) electrons. The van der Waals surface area contributed by atoms with Gasteiger partial charge in [0.15, 0.2) is 5.82 Å². The van der Waals surface area contributed by atoms with Crippen molar-refractivity contribution in [1.29, 1.82) is 5.26 Å². The van der Waals surface area contributed by atoms with Crippen LogP contribution in [0.3, 0.4) is 0 Å². The third-order valence-electron chi connectivity index (χ3n) is 2.54. The van der Waals surface area contributed by atoms with Gasteiger partial charge in [-0.3, -0.25) is 0 Å². The van der Waals surface area contributed by atoms with Crippen molar-refractivity contribution >= 4 is 0 Å². The first kappa shape index (κ1) is 13.2. The number of hydrogen-bond acceptors (Lipinski definition) is 6. The lowest BCUT2D eigenvalue weighted by Gasteiger charge is -2.05. The Labute approximate surface area is 110 Å². The number of hydrogen-bond donors (Lipinski definition) is 1. The van der Waals surface area contributed by atoms with Gasteiger partial charge < -0.3 is 15.0 Å². The van der Waals surface area contributed by atoms with E-state index in [1.54, 1.807) is 24.3 Å². The van der Waals surface area contributed by atoms with E-state index in [0.29, 0.717) is 30.5 Å². The highest BCUT2D eigenvalue weighted by Gasteiger charge is 2.15. The lowest BCUT2D eigenvalue weighted by atomic mass is 10.1. The number of nitrogens with two attached hydrogens (primary N) is 1. The Morgan fingerprint density at radius 1 is 1.42 bits per heavy atom. The highest BCUT2D eigenvalue weighted by atomic mass is 16.5. The molecule has 98 valence electrons. The van der Waals surface area contributed by atoms with Crippen LogP contribution in [0.4, 0.5) is 0 Å². The number of nitrogens with zero attached hydrogens (tertiary/aromatic N) is 3. The molecule has 19 heavy (non-hydrogen) atoms. The third-order valence-corrected chi connectivity index (χ3v) is 2.54. The van der Waals surface area contributed by atoms with E-state index < -0.39 is 6.04 Å². The predicted octanol–water partition coefficient (Wildman–Crippen LogP) is 1.64. The standard InChI is InChI=1S/C13H14N4O2/c1-2-18-8-11(15)12-16-13(19-17-12)10-5-3-9(7-14)4-6-10/h3-6,11H,2,8,15H2,1H3. The first-order chi connectivity index (χ1) is 9.24. The van der Waals surface area contributed by atoms with Crippen LogP contribution in [-0.2, 0) is 4.74 Å². The van der Waals surface area contributed by atoms with Gasteiger partial charge in [-0.25, -0.2) is 0 Å². The van der Waals surface area contributed by atoms with E-state index in [4.69, 9.17) is 20.3 Å². The number of aromatic nitrogens is 2. The smallest absolute Gasteiger partial charge is 0.257 e. The monoisotopic (exact) mass is 258 g/mol. The second-order valence-electron chi connectivity index (χ2n) is 3.91. The molecule has 0 saturated carbocycles. The minimum Gasteiger partial charge on any atom is -0.380 e. The molecule has 1 atom stereocenters. The summed E-state index contributed by atoms with van der Waals surface area (Å²) in [5, 5.41) is 12.6. The summed E-state index contributed by atoms with van der Waals surface area (Å²) in [6.07, 6.45) is 0. The molecule has 0 fully saturated rings. The molecule has 0 aliphatic heterocycles. The summed E-state index contributed by atoms with van der Waals surface area (Å²) in [6.45, 7) is 2.84. The molecule has 0 saturated heterocycles. The second kappa shape index (κ2) is 6.09. The Kier molecular flexibility index (Phi) is 4.23. The molecule has 2 aromatic rings. The van der Waals surface area contributed by atoms with Gasteiger partial charge in [0.25, 0.3) is 5.89 Å². The lowest BCUT2D eigenvalue weighted by molar-refractivity contribution is 0.130. The Morgan fingerprint density at radius 3 is 2.79 bits per heavy atom. The molecule has 0 aliphatic carbocycles.